The van der Waals surface area contributed by atoms with Gasteiger partial charge in [0.05, 0.1) is 18.2 Å². The number of aliphatic hydroxyl groups excluding tert-OH is 1. The molecule has 8 nitrogen and oxygen atoms in total. The molecular weight excluding hydrogens is 510 g/mol. The minimum Gasteiger partial charge on any atom is -0.488 e. The predicted molar refractivity (Wildman–Crippen MR) is 147 cm³/mol. The molecule has 1 aliphatic carbocycles. The number of nitrogens with zero attached hydrogens (tertiary/aromatic N) is 2. The first kappa shape index (κ1) is 27.9. The lowest BCUT2D eigenvalue weighted by molar-refractivity contribution is 0.0330. The number of rotatable bonds is 9. The monoisotopic (exact) mass is 549 g/mol. The van der Waals surface area contributed by atoms with Crippen LogP contribution in [-0.4, -0.2) is 74.7 Å². The third kappa shape index (κ3) is 6.85. The Kier molecular flexibility index (Phi) is 9.15. The quantitative estimate of drug-likeness (QED) is 0.484. The number of hydrogen-bond acceptors (Lipinski definition) is 7. The third-order valence-electron chi connectivity index (χ3n) is 7.46. The number of anilines is 1. The van der Waals surface area contributed by atoms with Crippen molar-refractivity contribution >= 4 is 33.0 Å². The molecule has 2 aliphatic rings. The highest BCUT2D eigenvalue weighted by Gasteiger charge is 2.34. The summed E-state index contributed by atoms with van der Waals surface area (Å²) in [4.78, 5) is 17.6. The molecule has 4 rings (SSSR count). The van der Waals surface area contributed by atoms with Crippen LogP contribution in [-0.2, 0) is 10.0 Å². The molecule has 3 atom stereocenters. The van der Waals surface area contributed by atoms with Crippen LogP contribution in [0, 0.1) is 11.8 Å². The molecule has 1 fully saturated rings. The number of hydrogen-bond donors (Lipinski definition) is 2. The molecule has 2 N–H and O–H groups in total. The average molecular weight is 550 g/mol. The Balaban J connectivity index is 1.60. The smallest absolute Gasteiger partial charge is 0.271 e. The van der Waals surface area contributed by atoms with Gasteiger partial charge in [0.1, 0.15) is 16.1 Å². The standard InChI is InChI=1S/C27H39N3O5S2/c1-19-15-30(20(2)18-31)27(32)23-14-22(28-37(33,34)26-10-7-13-36-26)11-12-24(23)35-25(19)17-29(3)16-21-8-5-4-6-9-21/h7,10-14,19-21,25,28,31H,4-6,8-9,15-18H2,1-3H3/t19-,20+,25-/m0/s1. The fourth-order valence-corrected chi connectivity index (χ4v) is 7.36. The van der Waals surface area contributed by atoms with E-state index in [0.29, 0.717) is 29.5 Å². The highest BCUT2D eigenvalue weighted by molar-refractivity contribution is 7.94. The van der Waals surface area contributed by atoms with Crippen LogP contribution in [0.2, 0.25) is 0 Å². The van der Waals surface area contributed by atoms with Crippen molar-refractivity contribution in [1.29, 1.82) is 0 Å². The molecule has 0 bridgehead atoms. The fourth-order valence-electron chi connectivity index (χ4n) is 5.32. The number of ether oxygens (including phenoxy) is 1. The summed E-state index contributed by atoms with van der Waals surface area (Å²) < 4.78 is 34.8. The van der Waals surface area contributed by atoms with E-state index in [2.05, 4.69) is 23.6 Å². The second-order valence-electron chi connectivity index (χ2n) is 10.6. The number of sulfonamides is 1. The topological polar surface area (TPSA) is 99.2 Å². The van der Waals surface area contributed by atoms with Gasteiger partial charge in [-0.2, -0.15) is 0 Å². The summed E-state index contributed by atoms with van der Waals surface area (Å²) in [6.45, 7) is 5.93. The van der Waals surface area contributed by atoms with E-state index in [9.17, 15) is 18.3 Å². The molecule has 0 radical (unpaired) electrons. The second-order valence-corrected chi connectivity index (χ2v) is 13.5. The molecule has 0 spiro atoms. The van der Waals surface area contributed by atoms with E-state index in [4.69, 9.17) is 4.74 Å². The Labute approximate surface area is 224 Å². The minimum atomic E-state index is -3.76. The maximum absolute atomic E-state index is 13.6. The molecular formula is C27H39N3O5S2. The second kappa shape index (κ2) is 12.1. The Bertz CT molecular complexity index is 1150. The Morgan fingerprint density at radius 2 is 1.97 bits per heavy atom. The predicted octanol–water partition coefficient (Wildman–Crippen LogP) is 4.28. The van der Waals surface area contributed by atoms with Crippen LogP contribution in [0.25, 0.3) is 0 Å². The number of likely N-dealkylation sites (N-methyl/N-ethyl adjacent to an activating group) is 1. The molecule has 1 aliphatic heterocycles. The number of carbonyl (C=O) groups excluding carboxylic acids is 1. The lowest BCUT2D eigenvalue weighted by Gasteiger charge is -2.38. The number of amides is 1. The molecule has 2 aromatic rings. The lowest BCUT2D eigenvalue weighted by atomic mass is 9.89. The molecule has 1 aromatic heterocycles. The first-order valence-electron chi connectivity index (χ1n) is 13.2. The lowest BCUT2D eigenvalue weighted by Crippen LogP contribution is -2.50. The van der Waals surface area contributed by atoms with E-state index < -0.39 is 10.0 Å². The van der Waals surface area contributed by atoms with E-state index in [1.807, 2.05) is 6.92 Å². The molecule has 0 saturated heterocycles. The zero-order valence-electron chi connectivity index (χ0n) is 21.9. The summed E-state index contributed by atoms with van der Waals surface area (Å²) in [6, 6.07) is 7.68. The number of fused-ring (bicyclic) bond motifs is 1. The molecule has 1 amide bonds. The van der Waals surface area contributed by atoms with Crippen molar-refractivity contribution in [3.63, 3.8) is 0 Å². The van der Waals surface area contributed by atoms with Crippen molar-refractivity contribution < 1.29 is 23.1 Å². The van der Waals surface area contributed by atoms with Crippen molar-refractivity contribution in [2.24, 2.45) is 11.8 Å². The number of nitrogens with one attached hydrogen (secondary N) is 1. The van der Waals surface area contributed by atoms with E-state index >= 15 is 0 Å². The van der Waals surface area contributed by atoms with Gasteiger partial charge < -0.3 is 19.6 Å². The first-order chi connectivity index (χ1) is 17.7. The number of carbonyl (C=O) groups is 1. The van der Waals surface area contributed by atoms with Gasteiger partial charge in [-0.25, -0.2) is 8.42 Å². The average Bonchev–Trinajstić information content (AvgIpc) is 3.43. The molecule has 204 valence electrons. The van der Waals surface area contributed by atoms with Gasteiger partial charge in [0, 0.05) is 31.2 Å². The Morgan fingerprint density at radius 1 is 1.22 bits per heavy atom. The van der Waals surface area contributed by atoms with E-state index in [-0.39, 0.29) is 34.8 Å². The largest absolute Gasteiger partial charge is 0.488 e. The molecule has 0 unspecified atom stereocenters. The first-order valence-corrected chi connectivity index (χ1v) is 15.5. The van der Waals surface area contributed by atoms with Gasteiger partial charge in [-0.05, 0) is 62.4 Å². The van der Waals surface area contributed by atoms with Crippen molar-refractivity contribution in [1.82, 2.24) is 9.80 Å². The van der Waals surface area contributed by atoms with Crippen molar-refractivity contribution in [2.45, 2.75) is 62.3 Å². The van der Waals surface area contributed by atoms with Crippen molar-refractivity contribution in [3.05, 3.63) is 41.3 Å². The van der Waals surface area contributed by atoms with Crippen LogP contribution in [0.3, 0.4) is 0 Å². The maximum atomic E-state index is 13.6. The van der Waals surface area contributed by atoms with Gasteiger partial charge in [0.15, 0.2) is 0 Å². The Hall–Kier alpha value is -2.14. The van der Waals surface area contributed by atoms with Crippen LogP contribution in [0.15, 0.2) is 39.9 Å². The zero-order chi connectivity index (χ0) is 26.6. The van der Waals surface area contributed by atoms with Gasteiger partial charge in [0.2, 0.25) is 0 Å². The molecule has 1 aromatic carbocycles. The van der Waals surface area contributed by atoms with Gasteiger partial charge in [-0.1, -0.05) is 32.3 Å². The van der Waals surface area contributed by atoms with E-state index in [1.54, 1.807) is 34.5 Å². The summed E-state index contributed by atoms with van der Waals surface area (Å²) in [7, 11) is -1.63. The summed E-state index contributed by atoms with van der Waals surface area (Å²) in [5.41, 5.74) is 0.582. The summed E-state index contributed by atoms with van der Waals surface area (Å²) in [5.74, 6) is 0.898. The maximum Gasteiger partial charge on any atom is 0.271 e. The van der Waals surface area contributed by atoms with Crippen LogP contribution in [0.4, 0.5) is 5.69 Å². The zero-order valence-corrected chi connectivity index (χ0v) is 23.6. The highest BCUT2D eigenvalue weighted by atomic mass is 32.2. The fraction of sp³-hybridized carbons (Fsp3) is 0.593. The normalized spacial score (nSPS) is 22.2. The van der Waals surface area contributed by atoms with Gasteiger partial charge >= 0.3 is 0 Å². The van der Waals surface area contributed by atoms with Gasteiger partial charge in [-0.3, -0.25) is 9.52 Å². The van der Waals surface area contributed by atoms with Crippen LogP contribution in [0.1, 0.15) is 56.3 Å². The molecule has 10 heteroatoms. The minimum absolute atomic E-state index is 0.0388. The number of thiophene rings is 1. The molecule has 1 saturated carbocycles. The van der Waals surface area contributed by atoms with Crippen LogP contribution in [0.5, 0.6) is 5.75 Å². The number of benzene rings is 1. The Morgan fingerprint density at radius 3 is 2.65 bits per heavy atom. The SMILES string of the molecule is C[C@H](CO)N1C[C@H](C)[C@H](CN(C)CC2CCCCC2)Oc2ccc(NS(=O)(=O)c3cccs3)cc2C1=O. The molecule has 2 heterocycles. The van der Waals surface area contributed by atoms with Gasteiger partial charge in [-0.15, -0.1) is 11.3 Å². The van der Waals surface area contributed by atoms with E-state index in [1.165, 1.54) is 38.2 Å². The van der Waals surface area contributed by atoms with Crippen LogP contribution < -0.4 is 9.46 Å². The summed E-state index contributed by atoms with van der Waals surface area (Å²) in [5, 5.41) is 11.6. The van der Waals surface area contributed by atoms with Crippen molar-refractivity contribution in [3.8, 4) is 5.75 Å². The number of aliphatic hydroxyl groups is 1. The van der Waals surface area contributed by atoms with Crippen molar-refractivity contribution in [2.75, 3.05) is 38.0 Å². The third-order valence-corrected chi connectivity index (χ3v) is 10.2. The van der Waals surface area contributed by atoms with Crippen LogP contribution >= 0.6 is 11.3 Å². The summed E-state index contributed by atoms with van der Waals surface area (Å²) >= 11 is 1.13. The van der Waals surface area contributed by atoms with Gasteiger partial charge in [0.25, 0.3) is 15.9 Å². The molecule has 37 heavy (non-hydrogen) atoms. The highest BCUT2D eigenvalue weighted by Crippen LogP contribution is 2.32. The van der Waals surface area contributed by atoms with E-state index in [0.717, 1.165) is 24.4 Å². The summed E-state index contributed by atoms with van der Waals surface area (Å²) in [6.07, 6.45) is 6.32.